The van der Waals surface area contributed by atoms with E-state index in [2.05, 4.69) is 41.5 Å². The van der Waals surface area contributed by atoms with Gasteiger partial charge in [0.1, 0.15) is 19.3 Å². The van der Waals surface area contributed by atoms with Gasteiger partial charge in [0.25, 0.3) is 0 Å². The fourth-order valence-corrected chi connectivity index (χ4v) is 9.70. The van der Waals surface area contributed by atoms with Gasteiger partial charge >= 0.3 is 39.5 Å². The standard InChI is InChI=1S/C56H108O17P2/c1-7-9-11-13-14-15-16-17-18-19-28-34-40-55(60)72-52(45-67-54(59)39-33-27-22-20-25-30-36-48(3)4)47-71-75(64,65)69-43-50(57)42-68-74(62,63)70-46-51(44-66-53(58)38-32-24-12-10-8-2)73-56(61)41-35-29-23-21-26-31-37-49(5)6/h48-52,57H,7-47H2,1-6H3,(H,62,63)(H,64,65)/t50-,51+,52+/m0/s1. The van der Waals surface area contributed by atoms with Gasteiger partial charge in [-0.05, 0) is 37.5 Å². The monoisotopic (exact) mass is 1110 g/mol. The van der Waals surface area contributed by atoms with Crippen molar-refractivity contribution in [1.82, 2.24) is 0 Å². The molecule has 0 spiro atoms. The van der Waals surface area contributed by atoms with E-state index in [-0.39, 0.29) is 25.7 Å². The molecule has 17 nitrogen and oxygen atoms in total. The molecule has 0 bridgehead atoms. The van der Waals surface area contributed by atoms with Crippen molar-refractivity contribution in [2.75, 3.05) is 39.6 Å². The highest BCUT2D eigenvalue weighted by Gasteiger charge is 2.30. The smallest absolute Gasteiger partial charge is 0.462 e. The van der Waals surface area contributed by atoms with Gasteiger partial charge in [0.05, 0.1) is 26.4 Å². The number of rotatable bonds is 55. The van der Waals surface area contributed by atoms with Crippen LogP contribution in [0.2, 0.25) is 0 Å². The minimum absolute atomic E-state index is 0.101. The first-order valence-electron chi connectivity index (χ1n) is 29.5. The van der Waals surface area contributed by atoms with Crippen molar-refractivity contribution in [2.45, 2.75) is 285 Å². The van der Waals surface area contributed by atoms with E-state index >= 15 is 0 Å². The molecule has 0 aliphatic heterocycles. The molecule has 444 valence electrons. The molecule has 0 saturated heterocycles. The molecule has 0 aromatic carbocycles. The van der Waals surface area contributed by atoms with Crippen LogP contribution in [-0.2, 0) is 65.4 Å². The molecule has 5 atom stereocenters. The molecule has 0 amide bonds. The lowest BCUT2D eigenvalue weighted by Gasteiger charge is -2.21. The summed E-state index contributed by atoms with van der Waals surface area (Å²) in [5, 5.41) is 10.5. The Morgan fingerprint density at radius 1 is 0.360 bits per heavy atom. The number of phosphoric ester groups is 2. The number of hydrogen-bond acceptors (Lipinski definition) is 15. The van der Waals surface area contributed by atoms with Crippen LogP contribution >= 0.6 is 15.6 Å². The number of carbonyl (C=O) groups excluding carboxylic acids is 4. The first-order valence-corrected chi connectivity index (χ1v) is 32.5. The van der Waals surface area contributed by atoms with Crippen LogP contribution in [0, 0.1) is 11.8 Å². The molecule has 0 aromatic heterocycles. The van der Waals surface area contributed by atoms with Crippen molar-refractivity contribution >= 4 is 39.5 Å². The zero-order valence-corrected chi connectivity index (χ0v) is 49.6. The molecule has 3 N–H and O–H groups in total. The lowest BCUT2D eigenvalue weighted by molar-refractivity contribution is -0.161. The van der Waals surface area contributed by atoms with E-state index in [1.807, 2.05) is 0 Å². The Morgan fingerprint density at radius 2 is 0.613 bits per heavy atom. The Balaban J connectivity index is 5.19. The minimum atomic E-state index is -4.93. The number of hydrogen-bond donors (Lipinski definition) is 3. The SMILES string of the molecule is CCCCCCCCCCCCCCC(=O)O[C@H](COC(=O)CCCCCCCCC(C)C)COP(=O)(O)OC[C@@H](O)COP(=O)(O)OC[C@@H](COC(=O)CCCCCCC)OC(=O)CCCCCCCCC(C)C. The third-order valence-electron chi connectivity index (χ3n) is 12.7. The summed E-state index contributed by atoms with van der Waals surface area (Å²) in [4.78, 5) is 71.5. The van der Waals surface area contributed by atoms with Crippen molar-refractivity contribution in [3.63, 3.8) is 0 Å². The summed E-state index contributed by atoms with van der Waals surface area (Å²) in [7, 11) is -9.86. The van der Waals surface area contributed by atoms with E-state index < -0.39 is 97.5 Å². The second-order valence-corrected chi connectivity index (χ2v) is 24.2. The number of carbonyl (C=O) groups is 4. The Labute approximate surface area is 454 Å². The number of phosphoric acid groups is 2. The predicted octanol–water partition coefficient (Wildman–Crippen LogP) is 14.5. The van der Waals surface area contributed by atoms with Crippen LogP contribution in [0.25, 0.3) is 0 Å². The fourth-order valence-electron chi connectivity index (χ4n) is 8.12. The van der Waals surface area contributed by atoms with Gasteiger partial charge in [0.2, 0.25) is 0 Å². The molecule has 0 rings (SSSR count). The average molecular weight is 1120 g/mol. The first kappa shape index (κ1) is 73.1. The molecule has 19 heteroatoms. The summed E-state index contributed by atoms with van der Waals surface area (Å²) in [6.07, 6.45) is 28.6. The van der Waals surface area contributed by atoms with Gasteiger partial charge in [-0.15, -0.1) is 0 Å². The average Bonchev–Trinajstić information content (AvgIpc) is 3.36. The predicted molar refractivity (Wildman–Crippen MR) is 294 cm³/mol. The molecular formula is C56H108O17P2. The highest BCUT2D eigenvalue weighted by atomic mass is 31.2. The maximum atomic E-state index is 12.9. The second-order valence-electron chi connectivity index (χ2n) is 21.3. The van der Waals surface area contributed by atoms with Crippen LogP contribution in [-0.4, -0.2) is 96.7 Å². The van der Waals surface area contributed by atoms with E-state index in [0.717, 1.165) is 103 Å². The minimum Gasteiger partial charge on any atom is -0.462 e. The molecular weight excluding hydrogens is 1010 g/mol. The van der Waals surface area contributed by atoms with Crippen molar-refractivity contribution in [2.24, 2.45) is 11.8 Å². The second kappa shape index (κ2) is 49.1. The molecule has 75 heavy (non-hydrogen) atoms. The lowest BCUT2D eigenvalue weighted by Crippen LogP contribution is -2.30. The van der Waals surface area contributed by atoms with Gasteiger partial charge in [-0.1, -0.05) is 215 Å². The van der Waals surface area contributed by atoms with Crippen LogP contribution in [0.3, 0.4) is 0 Å². The maximum Gasteiger partial charge on any atom is 0.472 e. The molecule has 0 radical (unpaired) electrons. The van der Waals surface area contributed by atoms with Gasteiger partial charge in [-0.2, -0.15) is 0 Å². The summed E-state index contributed by atoms with van der Waals surface area (Å²) < 4.78 is 67.4. The first-order chi connectivity index (χ1) is 35.9. The lowest BCUT2D eigenvalue weighted by atomic mass is 10.0. The number of unbranched alkanes of at least 4 members (excludes halogenated alkanes) is 25. The number of aliphatic hydroxyl groups is 1. The zero-order chi connectivity index (χ0) is 55.8. The number of ether oxygens (including phenoxy) is 4. The Kier molecular flexibility index (Phi) is 47.9. The third kappa shape index (κ3) is 51.3. The molecule has 0 fully saturated rings. The molecule has 0 aliphatic carbocycles. The summed E-state index contributed by atoms with van der Waals surface area (Å²) in [6.45, 7) is 9.16. The van der Waals surface area contributed by atoms with E-state index in [1.165, 1.54) is 70.6 Å². The topological polar surface area (TPSA) is 237 Å². The highest BCUT2D eigenvalue weighted by Crippen LogP contribution is 2.45. The van der Waals surface area contributed by atoms with Crippen molar-refractivity contribution in [3.05, 3.63) is 0 Å². The van der Waals surface area contributed by atoms with Gasteiger partial charge < -0.3 is 33.8 Å². The quantitative estimate of drug-likeness (QED) is 0.0222. The Morgan fingerprint density at radius 3 is 0.907 bits per heavy atom. The fraction of sp³-hybridized carbons (Fsp3) is 0.929. The van der Waals surface area contributed by atoms with Gasteiger partial charge in [-0.3, -0.25) is 37.3 Å². The van der Waals surface area contributed by atoms with Crippen LogP contribution < -0.4 is 0 Å². The Bertz CT molecular complexity index is 1500. The largest absolute Gasteiger partial charge is 0.472 e. The zero-order valence-electron chi connectivity index (χ0n) is 47.8. The van der Waals surface area contributed by atoms with Crippen molar-refractivity contribution < 1.29 is 80.2 Å². The molecule has 0 heterocycles. The summed E-state index contributed by atoms with van der Waals surface area (Å²) in [5.41, 5.74) is 0. The van der Waals surface area contributed by atoms with E-state index in [4.69, 9.17) is 37.0 Å². The van der Waals surface area contributed by atoms with E-state index in [9.17, 15) is 43.2 Å². The van der Waals surface area contributed by atoms with Crippen LogP contribution in [0.1, 0.15) is 266 Å². The van der Waals surface area contributed by atoms with Crippen molar-refractivity contribution in [1.29, 1.82) is 0 Å². The molecule has 0 saturated carbocycles. The number of aliphatic hydroxyl groups excluding tert-OH is 1. The van der Waals surface area contributed by atoms with Gasteiger partial charge in [0.15, 0.2) is 12.2 Å². The van der Waals surface area contributed by atoms with E-state index in [1.54, 1.807) is 0 Å². The molecule has 0 aliphatic rings. The van der Waals surface area contributed by atoms with E-state index in [0.29, 0.717) is 37.5 Å². The Hall–Kier alpha value is -1.94. The van der Waals surface area contributed by atoms with Crippen LogP contribution in [0.15, 0.2) is 0 Å². The maximum absolute atomic E-state index is 12.9. The van der Waals surface area contributed by atoms with Crippen molar-refractivity contribution in [3.8, 4) is 0 Å². The van der Waals surface area contributed by atoms with Crippen LogP contribution in [0.4, 0.5) is 0 Å². The third-order valence-corrected chi connectivity index (χ3v) is 14.6. The van der Waals surface area contributed by atoms with Gasteiger partial charge in [-0.25, -0.2) is 9.13 Å². The highest BCUT2D eigenvalue weighted by molar-refractivity contribution is 7.47. The summed E-state index contributed by atoms with van der Waals surface area (Å²) in [6, 6.07) is 0. The molecule has 0 aromatic rings. The number of esters is 4. The normalized spacial score (nSPS) is 14.5. The van der Waals surface area contributed by atoms with Gasteiger partial charge in [0, 0.05) is 25.7 Å². The summed E-state index contributed by atoms with van der Waals surface area (Å²) >= 11 is 0. The summed E-state index contributed by atoms with van der Waals surface area (Å²) in [5.74, 6) is -0.812. The van der Waals surface area contributed by atoms with Crippen LogP contribution in [0.5, 0.6) is 0 Å². The molecule has 2 unspecified atom stereocenters.